The Bertz CT molecular complexity index is 448. The van der Waals surface area contributed by atoms with Crippen molar-refractivity contribution in [2.75, 3.05) is 18.0 Å². The first-order chi connectivity index (χ1) is 8.58. The molecular formula is C13H19N3O2. The van der Waals surface area contributed by atoms with Gasteiger partial charge in [0.1, 0.15) is 0 Å². The van der Waals surface area contributed by atoms with Crippen LogP contribution in [0.15, 0.2) is 18.2 Å². The van der Waals surface area contributed by atoms with Crippen molar-refractivity contribution in [3.05, 3.63) is 23.8 Å². The van der Waals surface area contributed by atoms with Gasteiger partial charge in [0.25, 0.3) is 5.91 Å². The molecule has 0 aliphatic heterocycles. The smallest absolute Gasteiger partial charge is 0.253 e. The molecule has 2 unspecified atom stereocenters. The van der Waals surface area contributed by atoms with Gasteiger partial charge in [-0.15, -0.1) is 0 Å². The second-order valence-electron chi connectivity index (χ2n) is 4.82. The molecule has 0 radical (unpaired) electrons. The summed E-state index contributed by atoms with van der Waals surface area (Å²) in [5.41, 5.74) is 12.7. The molecule has 0 saturated heterocycles. The predicted molar refractivity (Wildman–Crippen MR) is 70.9 cm³/mol. The number of carbonyl (C=O) groups excluding carboxylic acids is 1. The molecule has 2 rings (SSSR count). The molecule has 5 heteroatoms. The van der Waals surface area contributed by atoms with Crippen LogP contribution in [0.2, 0.25) is 0 Å². The zero-order valence-electron chi connectivity index (χ0n) is 10.2. The third kappa shape index (κ3) is 2.73. The zero-order chi connectivity index (χ0) is 13.1. The fourth-order valence-corrected chi connectivity index (χ4v) is 2.36. The Morgan fingerprint density at radius 2 is 2.17 bits per heavy atom. The monoisotopic (exact) mass is 249 g/mol. The predicted octanol–water partition coefficient (Wildman–Crippen LogP) is 0.742. The molecule has 0 aromatic heterocycles. The number of hydrogen-bond acceptors (Lipinski definition) is 4. The van der Waals surface area contributed by atoms with Gasteiger partial charge in [-0.05, 0) is 31.0 Å². The summed E-state index contributed by atoms with van der Waals surface area (Å²) in [6, 6.07) is 4.83. The molecule has 1 aromatic carbocycles. The van der Waals surface area contributed by atoms with Crippen molar-refractivity contribution in [3.63, 3.8) is 0 Å². The molecule has 1 amide bonds. The van der Waals surface area contributed by atoms with Gasteiger partial charge < -0.3 is 21.9 Å². The summed E-state index contributed by atoms with van der Waals surface area (Å²) < 4.78 is 0. The molecule has 1 aromatic rings. The number of carbonyl (C=O) groups is 1. The molecule has 18 heavy (non-hydrogen) atoms. The summed E-state index contributed by atoms with van der Waals surface area (Å²) >= 11 is 0. The highest BCUT2D eigenvalue weighted by Gasteiger charge is 2.25. The Balaban J connectivity index is 1.95. The number of nitrogen functional groups attached to an aromatic ring is 2. The van der Waals surface area contributed by atoms with E-state index in [4.69, 9.17) is 11.5 Å². The van der Waals surface area contributed by atoms with E-state index in [0.29, 0.717) is 23.5 Å². The number of benzene rings is 1. The average Bonchev–Trinajstić information content (AvgIpc) is 2.72. The molecule has 98 valence electrons. The van der Waals surface area contributed by atoms with Crippen LogP contribution in [0.1, 0.15) is 29.6 Å². The lowest BCUT2D eigenvalue weighted by Gasteiger charge is -2.15. The van der Waals surface area contributed by atoms with Crippen molar-refractivity contribution in [2.24, 2.45) is 5.92 Å². The maximum Gasteiger partial charge on any atom is 0.253 e. The lowest BCUT2D eigenvalue weighted by atomic mass is 10.1. The van der Waals surface area contributed by atoms with Gasteiger partial charge in [0, 0.05) is 23.8 Å². The number of nitrogens with two attached hydrogens (primary N) is 2. The van der Waals surface area contributed by atoms with Crippen LogP contribution >= 0.6 is 0 Å². The van der Waals surface area contributed by atoms with Crippen LogP contribution in [0.25, 0.3) is 0 Å². The van der Waals surface area contributed by atoms with Gasteiger partial charge in [0.05, 0.1) is 11.7 Å². The van der Waals surface area contributed by atoms with Crippen LogP contribution in [0.5, 0.6) is 0 Å². The molecule has 6 N–H and O–H groups in total. The van der Waals surface area contributed by atoms with E-state index in [1.54, 1.807) is 18.2 Å². The highest BCUT2D eigenvalue weighted by atomic mass is 16.3. The summed E-state index contributed by atoms with van der Waals surface area (Å²) in [6.07, 6.45) is 2.50. The van der Waals surface area contributed by atoms with E-state index >= 15 is 0 Å². The molecule has 1 saturated carbocycles. The molecule has 1 aliphatic carbocycles. The maximum absolute atomic E-state index is 11.9. The van der Waals surface area contributed by atoms with Crippen molar-refractivity contribution >= 4 is 17.3 Å². The fraction of sp³-hybridized carbons (Fsp3) is 0.462. The van der Waals surface area contributed by atoms with Crippen LogP contribution in [0.3, 0.4) is 0 Å². The summed E-state index contributed by atoms with van der Waals surface area (Å²) in [4.78, 5) is 11.9. The SMILES string of the molecule is Nc1ccc(C(=O)NCC2CCCC2O)c(N)c1. The summed E-state index contributed by atoms with van der Waals surface area (Å²) in [7, 11) is 0. The number of anilines is 2. The van der Waals surface area contributed by atoms with Gasteiger partial charge in [0.15, 0.2) is 0 Å². The summed E-state index contributed by atoms with van der Waals surface area (Å²) in [6.45, 7) is 0.490. The molecule has 5 nitrogen and oxygen atoms in total. The number of aliphatic hydroxyl groups is 1. The van der Waals surface area contributed by atoms with E-state index in [1.807, 2.05) is 0 Å². The first-order valence-electron chi connectivity index (χ1n) is 6.19. The Morgan fingerprint density at radius 1 is 1.39 bits per heavy atom. The Morgan fingerprint density at radius 3 is 2.78 bits per heavy atom. The number of amides is 1. The number of aliphatic hydroxyl groups excluding tert-OH is 1. The lowest BCUT2D eigenvalue weighted by molar-refractivity contribution is 0.0917. The normalized spacial score (nSPS) is 22.9. The van der Waals surface area contributed by atoms with Crippen molar-refractivity contribution in [1.82, 2.24) is 5.32 Å². The van der Waals surface area contributed by atoms with Crippen LogP contribution in [-0.4, -0.2) is 23.7 Å². The minimum atomic E-state index is -0.297. The first-order valence-corrected chi connectivity index (χ1v) is 6.19. The second kappa shape index (κ2) is 5.27. The van der Waals surface area contributed by atoms with Gasteiger partial charge in [-0.25, -0.2) is 0 Å². The first kappa shape index (κ1) is 12.7. The van der Waals surface area contributed by atoms with Gasteiger partial charge >= 0.3 is 0 Å². The number of hydrogen-bond donors (Lipinski definition) is 4. The number of nitrogens with one attached hydrogen (secondary N) is 1. The fourth-order valence-electron chi connectivity index (χ4n) is 2.36. The van der Waals surface area contributed by atoms with Crippen LogP contribution in [0.4, 0.5) is 11.4 Å². The van der Waals surface area contributed by atoms with Gasteiger partial charge in [-0.2, -0.15) is 0 Å². The molecule has 1 aliphatic rings. The molecule has 0 spiro atoms. The molecule has 0 heterocycles. The van der Waals surface area contributed by atoms with Gasteiger partial charge in [-0.3, -0.25) is 4.79 Å². The second-order valence-corrected chi connectivity index (χ2v) is 4.82. The van der Waals surface area contributed by atoms with E-state index < -0.39 is 0 Å². The molecule has 0 bridgehead atoms. The van der Waals surface area contributed by atoms with Crippen molar-refractivity contribution in [3.8, 4) is 0 Å². The largest absolute Gasteiger partial charge is 0.399 e. The Labute approximate surface area is 106 Å². The lowest BCUT2D eigenvalue weighted by Crippen LogP contribution is -2.32. The van der Waals surface area contributed by atoms with E-state index in [2.05, 4.69) is 5.32 Å². The molecular weight excluding hydrogens is 230 g/mol. The molecule has 2 atom stereocenters. The summed E-state index contributed by atoms with van der Waals surface area (Å²) in [5.74, 6) is -0.0597. The van der Waals surface area contributed by atoms with Crippen molar-refractivity contribution in [2.45, 2.75) is 25.4 Å². The van der Waals surface area contributed by atoms with E-state index in [1.165, 1.54) is 0 Å². The third-order valence-corrected chi connectivity index (χ3v) is 3.46. The Kier molecular flexibility index (Phi) is 3.72. The number of rotatable bonds is 3. The summed E-state index contributed by atoms with van der Waals surface area (Å²) in [5, 5.41) is 12.5. The van der Waals surface area contributed by atoms with Crippen molar-refractivity contribution < 1.29 is 9.90 Å². The highest BCUT2D eigenvalue weighted by molar-refractivity contribution is 5.99. The van der Waals surface area contributed by atoms with Gasteiger partial charge in [0.2, 0.25) is 0 Å². The average molecular weight is 249 g/mol. The third-order valence-electron chi connectivity index (χ3n) is 3.46. The van der Waals surface area contributed by atoms with Gasteiger partial charge in [-0.1, -0.05) is 6.42 Å². The van der Waals surface area contributed by atoms with E-state index in [9.17, 15) is 9.90 Å². The van der Waals surface area contributed by atoms with Crippen LogP contribution in [-0.2, 0) is 0 Å². The standard InChI is InChI=1S/C13H19N3O2/c14-9-4-5-10(11(15)6-9)13(18)16-7-8-2-1-3-12(8)17/h4-6,8,12,17H,1-3,7,14-15H2,(H,16,18). The zero-order valence-corrected chi connectivity index (χ0v) is 10.2. The quantitative estimate of drug-likeness (QED) is 0.593. The van der Waals surface area contributed by atoms with Crippen molar-refractivity contribution in [1.29, 1.82) is 0 Å². The maximum atomic E-state index is 11.9. The van der Waals surface area contributed by atoms with E-state index in [0.717, 1.165) is 19.3 Å². The Hall–Kier alpha value is -1.75. The topological polar surface area (TPSA) is 101 Å². The van der Waals surface area contributed by atoms with Crippen LogP contribution in [0, 0.1) is 5.92 Å². The van der Waals surface area contributed by atoms with E-state index in [-0.39, 0.29) is 17.9 Å². The van der Waals surface area contributed by atoms with Crippen LogP contribution < -0.4 is 16.8 Å². The molecule has 1 fully saturated rings. The highest BCUT2D eigenvalue weighted by Crippen LogP contribution is 2.25. The minimum absolute atomic E-state index is 0.156. The minimum Gasteiger partial charge on any atom is -0.399 e.